The molecule has 0 radical (unpaired) electrons. The molecule has 1 aliphatic rings. The smallest absolute Gasteiger partial charge is 0.0575 e. The molecule has 0 aliphatic carbocycles. The minimum absolute atomic E-state index is 0.288. The molecule has 0 aromatic carbocycles. The van der Waals surface area contributed by atoms with E-state index in [2.05, 4.69) is 11.3 Å². The molecule has 2 N–H and O–H groups in total. The number of hydrogen-bond donors (Lipinski definition) is 1. The highest BCUT2D eigenvalue weighted by Crippen LogP contribution is 2.18. The van der Waals surface area contributed by atoms with Crippen molar-refractivity contribution in [2.45, 2.75) is 57.1 Å². The molecule has 0 spiro atoms. The Bertz CT molecular complexity index is 345. The predicted molar refractivity (Wildman–Crippen MR) is 72.3 cm³/mol. The molecule has 1 aromatic rings. The number of aromatic nitrogens is 2. The van der Waals surface area contributed by atoms with Gasteiger partial charge in [-0.05, 0) is 50.5 Å². The van der Waals surface area contributed by atoms with Crippen molar-refractivity contribution in [1.82, 2.24) is 9.78 Å². The van der Waals surface area contributed by atoms with E-state index in [1.165, 1.54) is 24.8 Å². The standard InChI is InChI=1S/C14H25N3O/c1-17-11-12(10-16-17)5-6-13(15)7-8-14-4-2-3-9-18-14/h10-11,13-14H,2-9,15H2,1H3. The molecule has 0 saturated carbocycles. The summed E-state index contributed by atoms with van der Waals surface area (Å²) in [7, 11) is 1.95. The van der Waals surface area contributed by atoms with E-state index in [0.717, 1.165) is 32.3 Å². The lowest BCUT2D eigenvalue weighted by molar-refractivity contribution is 0.00905. The lowest BCUT2D eigenvalue weighted by Crippen LogP contribution is -2.25. The zero-order valence-electron chi connectivity index (χ0n) is 11.3. The maximum atomic E-state index is 6.16. The molecule has 2 heterocycles. The lowest BCUT2D eigenvalue weighted by Gasteiger charge is -2.23. The second-order valence-electron chi connectivity index (χ2n) is 5.39. The summed E-state index contributed by atoms with van der Waals surface area (Å²) in [6.45, 7) is 0.940. The van der Waals surface area contributed by atoms with Crippen LogP contribution in [-0.2, 0) is 18.2 Å². The summed E-state index contributed by atoms with van der Waals surface area (Å²) in [5.74, 6) is 0. The van der Waals surface area contributed by atoms with Crippen LogP contribution in [0.5, 0.6) is 0 Å². The molecule has 2 rings (SSSR count). The first kappa shape index (κ1) is 13.6. The van der Waals surface area contributed by atoms with Gasteiger partial charge in [0.05, 0.1) is 12.3 Å². The van der Waals surface area contributed by atoms with Gasteiger partial charge >= 0.3 is 0 Å². The molecule has 0 amide bonds. The van der Waals surface area contributed by atoms with Crippen LogP contribution in [-0.4, -0.2) is 28.5 Å². The normalized spacial score (nSPS) is 22.0. The molecule has 2 unspecified atom stereocenters. The summed E-state index contributed by atoms with van der Waals surface area (Å²) in [5, 5.41) is 4.17. The van der Waals surface area contributed by atoms with Gasteiger partial charge in [0.2, 0.25) is 0 Å². The average molecular weight is 251 g/mol. The molecule has 2 atom stereocenters. The third-order valence-electron chi connectivity index (χ3n) is 3.70. The van der Waals surface area contributed by atoms with Gasteiger partial charge in [0, 0.05) is 25.9 Å². The molecule has 1 aliphatic heterocycles. The lowest BCUT2D eigenvalue weighted by atomic mass is 9.99. The van der Waals surface area contributed by atoms with E-state index in [1.807, 2.05) is 17.9 Å². The first-order valence-electron chi connectivity index (χ1n) is 7.09. The van der Waals surface area contributed by atoms with Gasteiger partial charge in [0.1, 0.15) is 0 Å². The Labute approximate surface area is 110 Å². The molecule has 0 bridgehead atoms. The number of nitrogens with zero attached hydrogens (tertiary/aromatic N) is 2. The van der Waals surface area contributed by atoms with E-state index in [0.29, 0.717) is 6.10 Å². The van der Waals surface area contributed by atoms with Gasteiger partial charge in [-0.25, -0.2) is 0 Å². The van der Waals surface area contributed by atoms with Crippen LogP contribution in [0, 0.1) is 0 Å². The molecule has 4 nitrogen and oxygen atoms in total. The fourth-order valence-electron chi connectivity index (χ4n) is 2.53. The monoisotopic (exact) mass is 251 g/mol. The Balaban J connectivity index is 1.61. The maximum Gasteiger partial charge on any atom is 0.0575 e. The number of hydrogen-bond acceptors (Lipinski definition) is 3. The summed E-state index contributed by atoms with van der Waals surface area (Å²) < 4.78 is 7.57. The van der Waals surface area contributed by atoms with Crippen molar-refractivity contribution >= 4 is 0 Å². The predicted octanol–water partition coefficient (Wildman–Crippen LogP) is 2.03. The van der Waals surface area contributed by atoms with Gasteiger partial charge in [-0.15, -0.1) is 0 Å². The second kappa shape index (κ2) is 6.90. The van der Waals surface area contributed by atoms with E-state index < -0.39 is 0 Å². The van der Waals surface area contributed by atoms with Crippen LogP contribution in [0.1, 0.15) is 44.1 Å². The Kier molecular flexibility index (Phi) is 5.20. The van der Waals surface area contributed by atoms with Gasteiger partial charge in [0.15, 0.2) is 0 Å². The zero-order chi connectivity index (χ0) is 12.8. The van der Waals surface area contributed by atoms with Gasteiger partial charge in [-0.1, -0.05) is 0 Å². The minimum atomic E-state index is 0.288. The molecule has 1 fully saturated rings. The molecule has 4 heteroatoms. The van der Waals surface area contributed by atoms with Gasteiger partial charge < -0.3 is 10.5 Å². The zero-order valence-corrected chi connectivity index (χ0v) is 11.3. The summed E-state index contributed by atoms with van der Waals surface area (Å²) in [4.78, 5) is 0. The fraction of sp³-hybridized carbons (Fsp3) is 0.786. The van der Waals surface area contributed by atoms with Crippen molar-refractivity contribution in [2.75, 3.05) is 6.61 Å². The van der Waals surface area contributed by atoms with E-state index in [1.54, 1.807) is 0 Å². The first-order valence-corrected chi connectivity index (χ1v) is 7.09. The van der Waals surface area contributed by atoms with Gasteiger partial charge in [-0.2, -0.15) is 5.10 Å². The topological polar surface area (TPSA) is 53.1 Å². The molecule has 18 heavy (non-hydrogen) atoms. The van der Waals surface area contributed by atoms with Crippen LogP contribution in [0.25, 0.3) is 0 Å². The van der Waals surface area contributed by atoms with E-state index in [9.17, 15) is 0 Å². The Hall–Kier alpha value is -0.870. The van der Waals surface area contributed by atoms with E-state index >= 15 is 0 Å². The maximum absolute atomic E-state index is 6.16. The van der Waals surface area contributed by atoms with Gasteiger partial charge in [-0.3, -0.25) is 4.68 Å². The molecule has 1 aromatic heterocycles. The largest absolute Gasteiger partial charge is 0.378 e. The van der Waals surface area contributed by atoms with Crippen LogP contribution in [0.15, 0.2) is 12.4 Å². The number of aryl methyl sites for hydroxylation is 2. The first-order chi connectivity index (χ1) is 8.74. The summed E-state index contributed by atoms with van der Waals surface area (Å²) in [6.07, 6.45) is 12.5. The van der Waals surface area contributed by atoms with Gasteiger partial charge in [0.25, 0.3) is 0 Å². The summed E-state index contributed by atoms with van der Waals surface area (Å²) >= 11 is 0. The summed E-state index contributed by atoms with van der Waals surface area (Å²) in [5.41, 5.74) is 7.44. The average Bonchev–Trinajstić information content (AvgIpc) is 2.81. The number of nitrogens with two attached hydrogens (primary N) is 1. The van der Waals surface area contributed by atoms with E-state index in [4.69, 9.17) is 10.5 Å². The van der Waals surface area contributed by atoms with Crippen molar-refractivity contribution in [1.29, 1.82) is 0 Å². The third-order valence-corrected chi connectivity index (χ3v) is 3.70. The van der Waals surface area contributed by atoms with Crippen LogP contribution < -0.4 is 5.73 Å². The molecular formula is C14H25N3O. The van der Waals surface area contributed by atoms with Crippen LogP contribution in [0.3, 0.4) is 0 Å². The highest BCUT2D eigenvalue weighted by Gasteiger charge is 2.15. The second-order valence-corrected chi connectivity index (χ2v) is 5.39. The third kappa shape index (κ3) is 4.42. The summed E-state index contributed by atoms with van der Waals surface area (Å²) in [6, 6.07) is 0.288. The van der Waals surface area contributed by atoms with Crippen molar-refractivity contribution in [3.8, 4) is 0 Å². The minimum Gasteiger partial charge on any atom is -0.378 e. The SMILES string of the molecule is Cn1cc(CCC(N)CCC2CCCCO2)cn1. The van der Waals surface area contributed by atoms with Crippen molar-refractivity contribution in [2.24, 2.45) is 12.8 Å². The molecular weight excluding hydrogens is 226 g/mol. The van der Waals surface area contributed by atoms with Crippen molar-refractivity contribution in [3.05, 3.63) is 18.0 Å². The number of rotatable bonds is 6. The highest BCUT2D eigenvalue weighted by atomic mass is 16.5. The van der Waals surface area contributed by atoms with E-state index in [-0.39, 0.29) is 6.04 Å². The van der Waals surface area contributed by atoms with Crippen LogP contribution in [0.4, 0.5) is 0 Å². The highest BCUT2D eigenvalue weighted by molar-refractivity contribution is 5.03. The molecule has 102 valence electrons. The Morgan fingerprint density at radius 1 is 1.50 bits per heavy atom. The Morgan fingerprint density at radius 2 is 2.39 bits per heavy atom. The molecule has 1 saturated heterocycles. The quantitative estimate of drug-likeness (QED) is 0.841. The van der Waals surface area contributed by atoms with Crippen LogP contribution >= 0.6 is 0 Å². The Morgan fingerprint density at radius 3 is 3.06 bits per heavy atom. The van der Waals surface area contributed by atoms with Crippen molar-refractivity contribution in [3.63, 3.8) is 0 Å². The van der Waals surface area contributed by atoms with Crippen molar-refractivity contribution < 1.29 is 4.74 Å². The fourth-order valence-corrected chi connectivity index (χ4v) is 2.53. The van der Waals surface area contributed by atoms with Crippen LogP contribution in [0.2, 0.25) is 0 Å². The number of ether oxygens (including phenoxy) is 1.